The van der Waals surface area contributed by atoms with E-state index >= 15 is 0 Å². The molecule has 1 heterocycles. The number of rotatable bonds is 3. The molecule has 4 nitrogen and oxygen atoms in total. The van der Waals surface area contributed by atoms with Gasteiger partial charge >= 0.3 is 0 Å². The number of phenolic OH excluding ortho intramolecular Hbond substituents is 1. The van der Waals surface area contributed by atoms with Gasteiger partial charge in [0.1, 0.15) is 5.75 Å². The fourth-order valence-corrected chi connectivity index (χ4v) is 2.86. The number of aromatic hydroxyl groups is 1. The lowest BCUT2D eigenvalue weighted by Crippen LogP contribution is -2.28. The van der Waals surface area contributed by atoms with Crippen LogP contribution in [0.15, 0.2) is 6.07 Å². The first-order valence-corrected chi connectivity index (χ1v) is 6.40. The van der Waals surface area contributed by atoms with E-state index in [-0.39, 0.29) is 11.7 Å². The van der Waals surface area contributed by atoms with E-state index in [1.54, 1.807) is 13.2 Å². The second kappa shape index (κ2) is 5.67. The average molecular weight is 272 g/mol. The van der Waals surface area contributed by atoms with E-state index in [1.807, 2.05) is 0 Å². The van der Waals surface area contributed by atoms with Crippen molar-refractivity contribution in [1.82, 2.24) is 5.32 Å². The summed E-state index contributed by atoms with van der Waals surface area (Å²) in [6.45, 7) is 1.84. The van der Waals surface area contributed by atoms with Crippen molar-refractivity contribution in [2.75, 3.05) is 27.3 Å². The molecule has 0 radical (unpaired) electrons. The van der Waals surface area contributed by atoms with E-state index in [0.29, 0.717) is 16.5 Å². The average Bonchev–Trinajstić information content (AvgIpc) is 2.39. The number of hydrogen-bond acceptors (Lipinski definition) is 4. The van der Waals surface area contributed by atoms with Crippen molar-refractivity contribution in [2.45, 2.75) is 18.8 Å². The van der Waals surface area contributed by atoms with E-state index in [1.165, 1.54) is 7.11 Å². The molecule has 0 amide bonds. The fraction of sp³-hybridized carbons (Fsp3) is 0.538. The van der Waals surface area contributed by atoms with Gasteiger partial charge in [0.25, 0.3) is 0 Å². The number of phenols is 1. The van der Waals surface area contributed by atoms with E-state index in [4.69, 9.17) is 21.1 Å². The number of piperidine rings is 1. The quantitative estimate of drug-likeness (QED) is 0.887. The van der Waals surface area contributed by atoms with Crippen molar-refractivity contribution >= 4 is 11.6 Å². The van der Waals surface area contributed by atoms with Crippen LogP contribution in [0.5, 0.6) is 17.2 Å². The van der Waals surface area contributed by atoms with Crippen molar-refractivity contribution < 1.29 is 14.6 Å². The molecular weight excluding hydrogens is 254 g/mol. The molecule has 1 aliphatic heterocycles. The molecule has 1 unspecified atom stereocenters. The third kappa shape index (κ3) is 2.35. The Labute approximate surface area is 112 Å². The zero-order valence-corrected chi connectivity index (χ0v) is 11.4. The van der Waals surface area contributed by atoms with Crippen LogP contribution in [0.2, 0.25) is 5.02 Å². The summed E-state index contributed by atoms with van der Waals surface area (Å²) in [5, 5.41) is 13.9. The second-order valence-corrected chi connectivity index (χ2v) is 4.78. The molecule has 1 aliphatic rings. The summed E-state index contributed by atoms with van der Waals surface area (Å²) < 4.78 is 10.4. The lowest BCUT2D eigenvalue weighted by Gasteiger charge is -2.26. The predicted molar refractivity (Wildman–Crippen MR) is 71.1 cm³/mol. The van der Waals surface area contributed by atoms with Crippen molar-refractivity contribution in [3.8, 4) is 17.2 Å². The minimum absolute atomic E-state index is 0.173. The lowest BCUT2D eigenvalue weighted by atomic mass is 9.90. The number of hydrogen-bond donors (Lipinski definition) is 2. The van der Waals surface area contributed by atoms with Crippen molar-refractivity contribution in [1.29, 1.82) is 0 Å². The highest BCUT2D eigenvalue weighted by Gasteiger charge is 2.25. The molecule has 1 saturated heterocycles. The van der Waals surface area contributed by atoms with E-state index < -0.39 is 0 Å². The Bertz CT molecular complexity index is 431. The SMILES string of the molecule is COc1cc(O)c(C2CCCNC2)c(Cl)c1OC. The summed E-state index contributed by atoms with van der Waals surface area (Å²) in [6, 6.07) is 1.56. The Balaban J connectivity index is 2.46. The molecule has 1 atom stereocenters. The molecule has 18 heavy (non-hydrogen) atoms. The van der Waals surface area contributed by atoms with Gasteiger partial charge in [-0.15, -0.1) is 0 Å². The Hall–Kier alpha value is -1.13. The van der Waals surface area contributed by atoms with Crippen molar-refractivity contribution in [2.24, 2.45) is 0 Å². The molecule has 1 fully saturated rings. The van der Waals surface area contributed by atoms with Gasteiger partial charge in [0.05, 0.1) is 19.2 Å². The number of benzene rings is 1. The van der Waals surface area contributed by atoms with Gasteiger partial charge in [-0.1, -0.05) is 11.6 Å². The van der Waals surface area contributed by atoms with E-state index in [2.05, 4.69) is 5.32 Å². The summed E-state index contributed by atoms with van der Waals surface area (Å²) in [5.74, 6) is 1.32. The molecule has 2 rings (SSSR count). The highest BCUT2D eigenvalue weighted by atomic mass is 35.5. The summed E-state index contributed by atoms with van der Waals surface area (Å²) >= 11 is 6.34. The lowest BCUT2D eigenvalue weighted by molar-refractivity contribution is 0.348. The van der Waals surface area contributed by atoms with Gasteiger partial charge in [-0.25, -0.2) is 0 Å². The molecule has 0 spiro atoms. The molecule has 1 aromatic carbocycles. The van der Waals surface area contributed by atoms with Gasteiger partial charge in [-0.05, 0) is 19.4 Å². The van der Waals surface area contributed by atoms with Crippen LogP contribution >= 0.6 is 11.6 Å². The smallest absolute Gasteiger partial charge is 0.179 e. The molecule has 5 heteroatoms. The van der Waals surface area contributed by atoms with Crippen LogP contribution < -0.4 is 14.8 Å². The Kier molecular flexibility index (Phi) is 4.19. The number of halogens is 1. The van der Waals surface area contributed by atoms with Crippen LogP contribution in [-0.2, 0) is 0 Å². The maximum Gasteiger partial charge on any atom is 0.179 e. The first-order valence-electron chi connectivity index (χ1n) is 6.03. The maximum atomic E-state index is 10.1. The first kappa shape index (κ1) is 13.3. The molecule has 2 N–H and O–H groups in total. The van der Waals surface area contributed by atoms with Gasteiger partial charge in [0.2, 0.25) is 0 Å². The van der Waals surface area contributed by atoms with Gasteiger partial charge in [-0.3, -0.25) is 0 Å². The second-order valence-electron chi connectivity index (χ2n) is 4.40. The van der Waals surface area contributed by atoms with Crippen LogP contribution in [0.4, 0.5) is 0 Å². The fourth-order valence-electron chi connectivity index (χ4n) is 2.44. The van der Waals surface area contributed by atoms with Crippen LogP contribution in [0.3, 0.4) is 0 Å². The third-order valence-electron chi connectivity index (χ3n) is 3.33. The molecule has 1 aromatic rings. The molecular formula is C13H18ClNO3. The number of nitrogens with one attached hydrogen (secondary N) is 1. The van der Waals surface area contributed by atoms with Gasteiger partial charge in [0.15, 0.2) is 11.5 Å². The summed E-state index contributed by atoms with van der Waals surface area (Å²) in [5.41, 5.74) is 0.751. The Morgan fingerprint density at radius 3 is 2.72 bits per heavy atom. The molecule has 100 valence electrons. The number of methoxy groups -OCH3 is 2. The predicted octanol–water partition coefficient (Wildman–Crippen LogP) is 2.53. The van der Waals surface area contributed by atoms with Crippen molar-refractivity contribution in [3.63, 3.8) is 0 Å². The van der Waals surface area contributed by atoms with Gasteiger partial charge in [0, 0.05) is 24.1 Å². The molecule has 0 aromatic heterocycles. The largest absolute Gasteiger partial charge is 0.507 e. The molecule has 0 bridgehead atoms. The zero-order valence-electron chi connectivity index (χ0n) is 10.6. The monoisotopic (exact) mass is 271 g/mol. The third-order valence-corrected chi connectivity index (χ3v) is 3.71. The summed E-state index contributed by atoms with van der Waals surface area (Å²) in [4.78, 5) is 0. The Morgan fingerprint density at radius 2 is 2.17 bits per heavy atom. The van der Waals surface area contributed by atoms with Crippen LogP contribution in [-0.4, -0.2) is 32.4 Å². The zero-order chi connectivity index (χ0) is 13.1. The number of ether oxygens (including phenoxy) is 2. The minimum atomic E-state index is 0.173. The molecule has 0 aliphatic carbocycles. The standard InChI is InChI=1S/C13H18ClNO3/c1-17-10-6-9(16)11(12(14)13(10)18-2)8-4-3-5-15-7-8/h6,8,15-16H,3-5,7H2,1-2H3. The van der Waals surface area contributed by atoms with Gasteiger partial charge in [-0.2, -0.15) is 0 Å². The maximum absolute atomic E-state index is 10.1. The Morgan fingerprint density at radius 1 is 1.39 bits per heavy atom. The normalized spacial score (nSPS) is 19.6. The summed E-state index contributed by atoms with van der Waals surface area (Å²) in [6.07, 6.45) is 2.09. The molecule has 0 saturated carbocycles. The van der Waals surface area contributed by atoms with E-state index in [9.17, 15) is 5.11 Å². The highest BCUT2D eigenvalue weighted by Crippen LogP contribution is 2.46. The van der Waals surface area contributed by atoms with Crippen LogP contribution in [0.1, 0.15) is 24.3 Å². The topological polar surface area (TPSA) is 50.7 Å². The van der Waals surface area contributed by atoms with Crippen molar-refractivity contribution in [3.05, 3.63) is 16.7 Å². The summed E-state index contributed by atoms with van der Waals surface area (Å²) in [7, 11) is 3.07. The van der Waals surface area contributed by atoms with Crippen LogP contribution in [0, 0.1) is 0 Å². The van der Waals surface area contributed by atoms with E-state index in [0.717, 1.165) is 31.5 Å². The van der Waals surface area contributed by atoms with Gasteiger partial charge < -0.3 is 19.9 Å². The van der Waals surface area contributed by atoms with Crippen LogP contribution in [0.25, 0.3) is 0 Å². The highest BCUT2D eigenvalue weighted by molar-refractivity contribution is 6.33. The minimum Gasteiger partial charge on any atom is -0.507 e. The first-order chi connectivity index (χ1) is 8.69.